The number of hydrogen-bond donors (Lipinski definition) is 1. The van der Waals surface area contributed by atoms with Crippen molar-refractivity contribution in [2.45, 2.75) is 25.6 Å². The van der Waals surface area contributed by atoms with Crippen molar-refractivity contribution in [3.05, 3.63) is 46.4 Å². The molecule has 4 nitrogen and oxygen atoms in total. The van der Waals surface area contributed by atoms with Crippen molar-refractivity contribution in [2.75, 3.05) is 14.2 Å². The molecule has 20 heavy (non-hydrogen) atoms. The molecule has 0 saturated carbocycles. The van der Waals surface area contributed by atoms with Crippen LogP contribution in [0.25, 0.3) is 0 Å². The minimum absolute atomic E-state index is 0.00469. The Bertz CT molecular complexity index is 528. The van der Waals surface area contributed by atoms with E-state index in [9.17, 15) is 0 Å². The molecule has 0 amide bonds. The van der Waals surface area contributed by atoms with E-state index in [-0.39, 0.29) is 12.1 Å². The summed E-state index contributed by atoms with van der Waals surface area (Å²) in [5, 5.41) is 2.07. The van der Waals surface area contributed by atoms with Crippen LogP contribution in [-0.2, 0) is 6.54 Å². The van der Waals surface area contributed by atoms with Gasteiger partial charge in [0.1, 0.15) is 5.75 Å². The van der Waals surface area contributed by atoms with Crippen LogP contribution in [0.1, 0.15) is 24.2 Å². The van der Waals surface area contributed by atoms with E-state index >= 15 is 0 Å². The molecule has 0 saturated heterocycles. The van der Waals surface area contributed by atoms with Crippen molar-refractivity contribution >= 4 is 11.3 Å². The number of ether oxygens (including phenoxy) is 1. The van der Waals surface area contributed by atoms with E-state index in [0.717, 1.165) is 23.6 Å². The zero-order chi connectivity index (χ0) is 14.5. The molecule has 0 fully saturated rings. The highest BCUT2D eigenvalue weighted by Crippen LogP contribution is 2.31. The normalized spacial score (nSPS) is 14.2. The van der Waals surface area contributed by atoms with Crippen LogP contribution in [0.3, 0.4) is 0 Å². The monoisotopic (exact) mass is 291 g/mol. The first kappa shape index (κ1) is 15.0. The van der Waals surface area contributed by atoms with Crippen molar-refractivity contribution in [1.82, 2.24) is 9.88 Å². The standard InChI is InChI=1S/C15H21N3OS/c1-11(16)15(13-6-4-5-7-14(13)19-3)18(2)8-12-9-20-10-17-12/h4-7,9-11,15H,8,16H2,1-3H3. The molecule has 0 radical (unpaired) electrons. The molecule has 2 aromatic rings. The summed E-state index contributed by atoms with van der Waals surface area (Å²) in [7, 11) is 3.76. The summed E-state index contributed by atoms with van der Waals surface area (Å²) in [6, 6.07) is 8.12. The summed E-state index contributed by atoms with van der Waals surface area (Å²) in [6.45, 7) is 2.79. The zero-order valence-corrected chi connectivity index (χ0v) is 12.9. The van der Waals surface area contributed by atoms with Crippen molar-refractivity contribution in [3.63, 3.8) is 0 Å². The van der Waals surface area contributed by atoms with Gasteiger partial charge in [0.05, 0.1) is 24.4 Å². The van der Waals surface area contributed by atoms with E-state index in [2.05, 4.69) is 28.4 Å². The summed E-state index contributed by atoms with van der Waals surface area (Å²) in [5.41, 5.74) is 10.2. The first-order valence-corrected chi connectivity index (χ1v) is 7.53. The van der Waals surface area contributed by atoms with Gasteiger partial charge in [-0.25, -0.2) is 4.98 Å². The van der Waals surface area contributed by atoms with E-state index in [4.69, 9.17) is 10.5 Å². The maximum absolute atomic E-state index is 6.21. The predicted octanol–water partition coefficient (Wildman–Crippen LogP) is 2.67. The molecule has 0 bridgehead atoms. The van der Waals surface area contributed by atoms with E-state index < -0.39 is 0 Å². The van der Waals surface area contributed by atoms with Crippen molar-refractivity contribution in [2.24, 2.45) is 5.73 Å². The van der Waals surface area contributed by atoms with Gasteiger partial charge in [0.25, 0.3) is 0 Å². The van der Waals surface area contributed by atoms with Crippen LogP contribution < -0.4 is 10.5 Å². The SMILES string of the molecule is COc1ccccc1C(C(C)N)N(C)Cc1cscn1. The number of hydrogen-bond acceptors (Lipinski definition) is 5. The second kappa shape index (κ2) is 6.83. The van der Waals surface area contributed by atoms with Crippen LogP contribution in [0.2, 0.25) is 0 Å². The zero-order valence-electron chi connectivity index (χ0n) is 12.1. The topological polar surface area (TPSA) is 51.4 Å². The Morgan fingerprint density at radius 2 is 2.15 bits per heavy atom. The van der Waals surface area contributed by atoms with Crippen molar-refractivity contribution < 1.29 is 4.74 Å². The smallest absolute Gasteiger partial charge is 0.123 e. The van der Waals surface area contributed by atoms with Gasteiger partial charge in [-0.3, -0.25) is 4.90 Å². The third kappa shape index (κ3) is 3.36. The number of benzene rings is 1. The third-order valence-electron chi connectivity index (χ3n) is 3.33. The van der Waals surface area contributed by atoms with E-state index in [1.807, 2.05) is 30.6 Å². The van der Waals surface area contributed by atoms with Crippen LogP contribution in [0.4, 0.5) is 0 Å². The van der Waals surface area contributed by atoms with Gasteiger partial charge in [0.2, 0.25) is 0 Å². The first-order valence-electron chi connectivity index (χ1n) is 6.59. The molecule has 2 N–H and O–H groups in total. The van der Waals surface area contributed by atoms with Crippen LogP contribution in [0.5, 0.6) is 5.75 Å². The van der Waals surface area contributed by atoms with Crippen LogP contribution in [0.15, 0.2) is 35.2 Å². The Labute approximate surface area is 124 Å². The maximum Gasteiger partial charge on any atom is 0.123 e. The molecule has 0 aliphatic rings. The molecular formula is C15H21N3OS. The van der Waals surface area contributed by atoms with Gasteiger partial charge >= 0.3 is 0 Å². The van der Waals surface area contributed by atoms with Crippen LogP contribution >= 0.6 is 11.3 Å². The number of thiazole rings is 1. The summed E-state index contributed by atoms with van der Waals surface area (Å²) in [6.07, 6.45) is 0. The quantitative estimate of drug-likeness (QED) is 0.889. The number of methoxy groups -OCH3 is 1. The molecule has 0 aliphatic heterocycles. The number of rotatable bonds is 6. The average Bonchev–Trinajstić information content (AvgIpc) is 2.92. The molecule has 0 aliphatic carbocycles. The van der Waals surface area contributed by atoms with Gasteiger partial charge in [-0.1, -0.05) is 18.2 Å². The molecule has 1 aromatic heterocycles. The first-order chi connectivity index (χ1) is 9.63. The molecule has 2 atom stereocenters. The Balaban J connectivity index is 2.26. The van der Waals surface area contributed by atoms with E-state index in [1.54, 1.807) is 18.4 Å². The second-order valence-corrected chi connectivity index (χ2v) is 5.66. The highest BCUT2D eigenvalue weighted by molar-refractivity contribution is 7.07. The Kier molecular flexibility index (Phi) is 5.11. The van der Waals surface area contributed by atoms with Crippen molar-refractivity contribution in [1.29, 1.82) is 0 Å². The Hall–Kier alpha value is -1.43. The molecule has 2 rings (SSSR count). The molecule has 0 spiro atoms. The maximum atomic E-state index is 6.21. The van der Waals surface area contributed by atoms with Gasteiger partial charge in [-0.15, -0.1) is 11.3 Å². The Morgan fingerprint density at radius 1 is 1.40 bits per heavy atom. The van der Waals surface area contributed by atoms with Gasteiger partial charge in [0, 0.05) is 23.5 Å². The van der Waals surface area contributed by atoms with Crippen LogP contribution in [-0.4, -0.2) is 30.1 Å². The fourth-order valence-electron chi connectivity index (χ4n) is 2.50. The van der Waals surface area contributed by atoms with Crippen molar-refractivity contribution in [3.8, 4) is 5.75 Å². The molecule has 2 unspecified atom stereocenters. The highest BCUT2D eigenvalue weighted by atomic mass is 32.1. The number of para-hydroxylation sites is 1. The summed E-state index contributed by atoms with van der Waals surface area (Å²) >= 11 is 1.61. The van der Waals surface area contributed by atoms with Gasteiger partial charge < -0.3 is 10.5 Å². The van der Waals surface area contributed by atoms with Crippen LogP contribution in [0, 0.1) is 0 Å². The lowest BCUT2D eigenvalue weighted by molar-refractivity contribution is 0.204. The van der Waals surface area contributed by atoms with Gasteiger partial charge in [-0.2, -0.15) is 0 Å². The molecule has 108 valence electrons. The Morgan fingerprint density at radius 3 is 2.75 bits per heavy atom. The third-order valence-corrected chi connectivity index (χ3v) is 3.96. The number of nitrogens with zero attached hydrogens (tertiary/aromatic N) is 2. The van der Waals surface area contributed by atoms with Gasteiger partial charge in [-0.05, 0) is 20.0 Å². The van der Waals surface area contributed by atoms with E-state index in [1.165, 1.54) is 0 Å². The summed E-state index contributed by atoms with van der Waals surface area (Å²) in [5.74, 6) is 0.875. The number of aromatic nitrogens is 1. The lowest BCUT2D eigenvalue weighted by atomic mass is 9.98. The number of nitrogens with two attached hydrogens (primary N) is 1. The predicted molar refractivity (Wildman–Crippen MR) is 83.0 cm³/mol. The fourth-order valence-corrected chi connectivity index (χ4v) is 3.05. The average molecular weight is 291 g/mol. The highest BCUT2D eigenvalue weighted by Gasteiger charge is 2.24. The lowest BCUT2D eigenvalue weighted by Gasteiger charge is -2.32. The largest absolute Gasteiger partial charge is 0.496 e. The molecule has 1 aromatic carbocycles. The van der Waals surface area contributed by atoms with Gasteiger partial charge in [0.15, 0.2) is 0 Å². The number of likely N-dealkylation sites (N-methyl/N-ethyl adjacent to an activating group) is 1. The molecule has 1 heterocycles. The second-order valence-electron chi connectivity index (χ2n) is 4.94. The lowest BCUT2D eigenvalue weighted by Crippen LogP contribution is -2.37. The molecular weight excluding hydrogens is 270 g/mol. The minimum Gasteiger partial charge on any atom is -0.496 e. The summed E-state index contributed by atoms with van der Waals surface area (Å²) < 4.78 is 5.47. The summed E-state index contributed by atoms with van der Waals surface area (Å²) in [4.78, 5) is 6.56. The minimum atomic E-state index is -0.00469. The van der Waals surface area contributed by atoms with E-state index in [0.29, 0.717) is 0 Å². The fraction of sp³-hybridized carbons (Fsp3) is 0.400. The molecule has 5 heteroatoms.